The molecule has 0 radical (unpaired) electrons. The number of carbonyl (C=O) groups excluding carboxylic acids is 1. The van der Waals surface area contributed by atoms with Crippen LogP contribution in [-0.2, 0) is 4.79 Å². The van der Waals surface area contributed by atoms with E-state index in [9.17, 15) is 4.79 Å². The van der Waals surface area contributed by atoms with Crippen LogP contribution in [0.3, 0.4) is 0 Å². The fraction of sp³-hybridized carbons (Fsp3) is 0.375. The molecular formula is C16H19N3O. The molecule has 1 aliphatic rings. The van der Waals surface area contributed by atoms with E-state index >= 15 is 0 Å². The molecule has 104 valence electrons. The lowest BCUT2D eigenvalue weighted by Crippen LogP contribution is -2.34. The number of anilines is 1. The number of nitrogens with one attached hydrogen (secondary N) is 2. The molecule has 0 aliphatic carbocycles. The van der Waals surface area contributed by atoms with E-state index in [1.165, 1.54) is 5.56 Å². The van der Waals surface area contributed by atoms with Crippen molar-refractivity contribution in [1.29, 1.82) is 0 Å². The first-order valence-corrected chi connectivity index (χ1v) is 7.11. The number of piperidine rings is 1. The van der Waals surface area contributed by atoms with Gasteiger partial charge in [0.05, 0.1) is 0 Å². The van der Waals surface area contributed by atoms with Gasteiger partial charge in [0.2, 0.25) is 5.91 Å². The Morgan fingerprint density at radius 1 is 1.30 bits per heavy atom. The van der Waals surface area contributed by atoms with Gasteiger partial charge in [-0.1, -0.05) is 17.7 Å². The third-order valence-corrected chi connectivity index (χ3v) is 3.87. The standard InChI is InChI=1S/C16H19N3O/c1-11-2-3-12-6-9-18-15(14(12)10-11)19-16(20)13-4-7-17-8-5-13/h2-3,6,9-10,13,17H,4-5,7-8H2,1H3,(H,18,19,20). The molecule has 0 unspecified atom stereocenters. The summed E-state index contributed by atoms with van der Waals surface area (Å²) in [5, 5.41) is 8.39. The van der Waals surface area contributed by atoms with Crippen LogP contribution in [0.25, 0.3) is 10.8 Å². The molecule has 1 aliphatic heterocycles. The lowest BCUT2D eigenvalue weighted by molar-refractivity contribution is -0.120. The smallest absolute Gasteiger partial charge is 0.228 e. The molecule has 0 bridgehead atoms. The van der Waals surface area contributed by atoms with Crippen LogP contribution in [0.15, 0.2) is 30.5 Å². The van der Waals surface area contributed by atoms with E-state index in [1.807, 2.05) is 13.0 Å². The summed E-state index contributed by atoms with van der Waals surface area (Å²) in [7, 11) is 0. The second kappa shape index (κ2) is 5.59. The first kappa shape index (κ1) is 13.1. The van der Waals surface area contributed by atoms with E-state index in [1.54, 1.807) is 6.20 Å². The van der Waals surface area contributed by atoms with Crippen molar-refractivity contribution in [2.24, 2.45) is 5.92 Å². The van der Waals surface area contributed by atoms with Crippen LogP contribution < -0.4 is 10.6 Å². The highest BCUT2D eigenvalue weighted by molar-refractivity contribution is 6.01. The van der Waals surface area contributed by atoms with Gasteiger partial charge < -0.3 is 10.6 Å². The summed E-state index contributed by atoms with van der Waals surface area (Å²) >= 11 is 0. The molecule has 1 saturated heterocycles. The molecule has 2 N–H and O–H groups in total. The van der Waals surface area contributed by atoms with Gasteiger partial charge in [0.15, 0.2) is 0 Å². The van der Waals surface area contributed by atoms with Crippen molar-refractivity contribution in [1.82, 2.24) is 10.3 Å². The van der Waals surface area contributed by atoms with Gasteiger partial charge in [-0.25, -0.2) is 4.98 Å². The van der Waals surface area contributed by atoms with E-state index in [0.717, 1.165) is 36.7 Å². The van der Waals surface area contributed by atoms with Crippen molar-refractivity contribution >= 4 is 22.5 Å². The summed E-state index contributed by atoms with van der Waals surface area (Å²) in [5.41, 5.74) is 1.17. The van der Waals surface area contributed by atoms with Gasteiger partial charge in [-0.05, 0) is 50.4 Å². The molecule has 0 atom stereocenters. The molecule has 1 aromatic carbocycles. The van der Waals surface area contributed by atoms with Gasteiger partial charge in [-0.2, -0.15) is 0 Å². The highest BCUT2D eigenvalue weighted by atomic mass is 16.1. The van der Waals surface area contributed by atoms with Gasteiger partial charge in [-0.3, -0.25) is 4.79 Å². The topological polar surface area (TPSA) is 54.0 Å². The van der Waals surface area contributed by atoms with Crippen molar-refractivity contribution in [3.05, 3.63) is 36.0 Å². The van der Waals surface area contributed by atoms with Gasteiger partial charge in [0.25, 0.3) is 0 Å². The molecule has 0 saturated carbocycles. The Kier molecular flexibility index (Phi) is 3.65. The molecule has 2 aromatic rings. The highest BCUT2D eigenvalue weighted by Gasteiger charge is 2.21. The molecule has 3 rings (SSSR count). The first-order valence-electron chi connectivity index (χ1n) is 7.11. The third-order valence-electron chi connectivity index (χ3n) is 3.87. The first-order chi connectivity index (χ1) is 9.74. The Balaban J connectivity index is 1.86. The number of fused-ring (bicyclic) bond motifs is 1. The molecule has 4 heteroatoms. The second-order valence-electron chi connectivity index (χ2n) is 5.40. The van der Waals surface area contributed by atoms with Crippen LogP contribution >= 0.6 is 0 Å². The molecule has 4 nitrogen and oxygen atoms in total. The zero-order valence-corrected chi connectivity index (χ0v) is 11.6. The van der Waals surface area contributed by atoms with E-state index in [0.29, 0.717) is 5.82 Å². The minimum atomic E-state index is 0.0907. The number of hydrogen-bond acceptors (Lipinski definition) is 3. The Hall–Kier alpha value is -1.94. The molecule has 1 amide bonds. The summed E-state index contributed by atoms with van der Waals surface area (Å²) < 4.78 is 0. The number of nitrogens with zero attached hydrogens (tertiary/aromatic N) is 1. The molecule has 1 fully saturated rings. The average molecular weight is 269 g/mol. The monoisotopic (exact) mass is 269 g/mol. The van der Waals surface area contributed by atoms with Crippen LogP contribution in [0.1, 0.15) is 18.4 Å². The second-order valence-corrected chi connectivity index (χ2v) is 5.40. The normalized spacial score (nSPS) is 16.2. The molecular weight excluding hydrogens is 250 g/mol. The molecule has 0 spiro atoms. The van der Waals surface area contributed by atoms with Gasteiger partial charge >= 0.3 is 0 Å². The fourth-order valence-corrected chi connectivity index (χ4v) is 2.68. The van der Waals surface area contributed by atoms with Crippen LogP contribution in [0.2, 0.25) is 0 Å². The van der Waals surface area contributed by atoms with E-state index < -0.39 is 0 Å². The summed E-state index contributed by atoms with van der Waals surface area (Å²) in [4.78, 5) is 16.7. The summed E-state index contributed by atoms with van der Waals surface area (Å²) in [6, 6.07) is 8.17. The fourth-order valence-electron chi connectivity index (χ4n) is 2.68. The summed E-state index contributed by atoms with van der Waals surface area (Å²) in [6.45, 7) is 3.88. The Labute approximate surface area is 118 Å². The predicted octanol–water partition coefficient (Wildman–Crippen LogP) is 2.48. The van der Waals surface area contributed by atoms with E-state index in [-0.39, 0.29) is 11.8 Å². The van der Waals surface area contributed by atoms with E-state index in [2.05, 4.69) is 33.8 Å². The van der Waals surface area contributed by atoms with Crippen LogP contribution in [0, 0.1) is 12.8 Å². The minimum Gasteiger partial charge on any atom is -0.317 e. The van der Waals surface area contributed by atoms with Gasteiger partial charge in [0.1, 0.15) is 5.82 Å². The number of pyridine rings is 1. The van der Waals surface area contributed by atoms with Crippen LogP contribution in [0.5, 0.6) is 0 Å². The predicted molar refractivity (Wildman–Crippen MR) is 80.7 cm³/mol. The van der Waals surface area contributed by atoms with Gasteiger partial charge in [-0.15, -0.1) is 0 Å². The number of aromatic nitrogens is 1. The van der Waals surface area contributed by atoms with Crippen molar-refractivity contribution in [3.63, 3.8) is 0 Å². The maximum absolute atomic E-state index is 12.3. The summed E-state index contributed by atoms with van der Waals surface area (Å²) in [5.74, 6) is 0.862. The van der Waals surface area contributed by atoms with Crippen LogP contribution in [-0.4, -0.2) is 24.0 Å². The number of benzene rings is 1. The van der Waals surface area contributed by atoms with Crippen molar-refractivity contribution in [2.45, 2.75) is 19.8 Å². The SMILES string of the molecule is Cc1ccc2ccnc(NC(=O)C3CCNCC3)c2c1. The lowest BCUT2D eigenvalue weighted by atomic mass is 9.97. The third kappa shape index (κ3) is 2.65. The lowest BCUT2D eigenvalue weighted by Gasteiger charge is -2.21. The number of amides is 1. The van der Waals surface area contributed by atoms with Crippen molar-refractivity contribution < 1.29 is 4.79 Å². The number of hydrogen-bond donors (Lipinski definition) is 2. The van der Waals surface area contributed by atoms with Crippen molar-refractivity contribution in [2.75, 3.05) is 18.4 Å². The summed E-state index contributed by atoms with van der Waals surface area (Å²) in [6.07, 6.45) is 3.54. The Morgan fingerprint density at radius 3 is 2.90 bits per heavy atom. The molecule has 1 aromatic heterocycles. The maximum atomic E-state index is 12.3. The number of carbonyl (C=O) groups is 1. The largest absolute Gasteiger partial charge is 0.317 e. The zero-order chi connectivity index (χ0) is 13.9. The highest BCUT2D eigenvalue weighted by Crippen LogP contribution is 2.23. The minimum absolute atomic E-state index is 0.0907. The van der Waals surface area contributed by atoms with Crippen molar-refractivity contribution in [3.8, 4) is 0 Å². The van der Waals surface area contributed by atoms with Crippen LogP contribution in [0.4, 0.5) is 5.82 Å². The average Bonchev–Trinajstić information content (AvgIpc) is 2.49. The van der Waals surface area contributed by atoms with E-state index in [4.69, 9.17) is 0 Å². The Bertz CT molecular complexity index is 633. The molecule has 2 heterocycles. The zero-order valence-electron chi connectivity index (χ0n) is 11.6. The quantitative estimate of drug-likeness (QED) is 0.880. The molecule has 20 heavy (non-hydrogen) atoms. The maximum Gasteiger partial charge on any atom is 0.228 e. The number of rotatable bonds is 2. The van der Waals surface area contributed by atoms with Gasteiger partial charge in [0, 0.05) is 17.5 Å². The number of aryl methyl sites for hydroxylation is 1. The Morgan fingerprint density at radius 2 is 2.10 bits per heavy atom.